The molecule has 0 amide bonds. The molecular weight excluding hydrogens is 358 g/mol. The fraction of sp³-hybridized carbons (Fsp3) is 0.0556. The summed E-state index contributed by atoms with van der Waals surface area (Å²) < 4.78 is 37.6. The van der Waals surface area contributed by atoms with Crippen LogP contribution in [-0.2, 0) is 16.6 Å². The molecule has 3 aromatic rings. The highest BCUT2D eigenvalue weighted by molar-refractivity contribution is 7.92. The average Bonchev–Trinajstić information content (AvgIpc) is 3.11. The summed E-state index contributed by atoms with van der Waals surface area (Å²) in [6, 6.07) is 17.3. The quantitative estimate of drug-likeness (QED) is 0.658. The van der Waals surface area contributed by atoms with E-state index in [0.29, 0.717) is 17.2 Å². The van der Waals surface area contributed by atoms with E-state index in [2.05, 4.69) is 4.72 Å². The molecule has 1 heterocycles. The van der Waals surface area contributed by atoms with Gasteiger partial charge in [0, 0.05) is 5.69 Å². The number of furan rings is 1. The summed E-state index contributed by atoms with van der Waals surface area (Å²) in [5.41, 5.74) is 0.396. The molecule has 0 spiro atoms. The molecule has 2 N–H and O–H groups in total. The van der Waals surface area contributed by atoms with Gasteiger partial charge in [0.2, 0.25) is 5.76 Å². The monoisotopic (exact) mass is 373 g/mol. The van der Waals surface area contributed by atoms with E-state index < -0.39 is 16.0 Å². The molecule has 0 aliphatic rings. The first-order valence-electron chi connectivity index (χ1n) is 7.57. The van der Waals surface area contributed by atoms with Crippen molar-refractivity contribution in [2.75, 3.05) is 4.72 Å². The van der Waals surface area contributed by atoms with Crippen molar-refractivity contribution in [1.82, 2.24) is 0 Å². The third-order valence-electron chi connectivity index (χ3n) is 3.41. The minimum absolute atomic E-state index is 0.0579. The van der Waals surface area contributed by atoms with Crippen molar-refractivity contribution in [3.63, 3.8) is 0 Å². The summed E-state index contributed by atoms with van der Waals surface area (Å²) >= 11 is 0. The number of carboxylic acid groups (broad SMARTS) is 1. The van der Waals surface area contributed by atoms with Crippen LogP contribution in [0.1, 0.15) is 16.3 Å². The van der Waals surface area contributed by atoms with Crippen LogP contribution in [0.3, 0.4) is 0 Å². The van der Waals surface area contributed by atoms with Gasteiger partial charge in [-0.1, -0.05) is 18.2 Å². The van der Waals surface area contributed by atoms with E-state index in [1.807, 2.05) is 0 Å². The van der Waals surface area contributed by atoms with Gasteiger partial charge in [0.05, 0.1) is 4.90 Å². The molecule has 0 aliphatic heterocycles. The molecule has 7 nitrogen and oxygen atoms in total. The predicted molar refractivity (Wildman–Crippen MR) is 93.7 cm³/mol. The van der Waals surface area contributed by atoms with Crippen molar-refractivity contribution in [2.45, 2.75) is 11.5 Å². The smallest absolute Gasteiger partial charge is 0.371 e. The Morgan fingerprint density at radius 3 is 2.31 bits per heavy atom. The van der Waals surface area contributed by atoms with Crippen LogP contribution in [-0.4, -0.2) is 19.5 Å². The van der Waals surface area contributed by atoms with Gasteiger partial charge in [0.1, 0.15) is 18.1 Å². The first kappa shape index (κ1) is 17.6. The molecule has 0 fully saturated rings. The highest BCUT2D eigenvalue weighted by Gasteiger charge is 2.13. The summed E-state index contributed by atoms with van der Waals surface area (Å²) in [5.74, 6) is -0.447. The molecular formula is C18H15NO6S. The fourth-order valence-electron chi connectivity index (χ4n) is 2.16. The standard InChI is InChI=1S/C18H15NO6S/c20-18(21)17-11-10-15(25-17)12-24-14-8-6-13(7-9-14)19-26(22,23)16-4-2-1-3-5-16/h1-11,19H,12H2,(H,20,21). The van der Waals surface area contributed by atoms with Crippen LogP contribution in [0.25, 0.3) is 0 Å². The Kier molecular flexibility index (Phi) is 4.94. The second-order valence-corrected chi connectivity index (χ2v) is 6.99. The molecule has 26 heavy (non-hydrogen) atoms. The minimum Gasteiger partial charge on any atom is -0.486 e. The molecule has 0 atom stereocenters. The van der Waals surface area contributed by atoms with Gasteiger partial charge in [0.15, 0.2) is 0 Å². The van der Waals surface area contributed by atoms with Gasteiger partial charge in [-0.05, 0) is 48.5 Å². The number of benzene rings is 2. The zero-order valence-corrected chi connectivity index (χ0v) is 14.3. The van der Waals surface area contributed by atoms with E-state index in [-0.39, 0.29) is 17.3 Å². The SMILES string of the molecule is O=C(O)c1ccc(COc2ccc(NS(=O)(=O)c3ccccc3)cc2)o1. The lowest BCUT2D eigenvalue weighted by Crippen LogP contribution is -2.12. The Bertz CT molecular complexity index is 994. The maximum absolute atomic E-state index is 12.3. The van der Waals surface area contributed by atoms with Crippen LogP contribution in [0, 0.1) is 0 Å². The van der Waals surface area contributed by atoms with Gasteiger partial charge in [0.25, 0.3) is 10.0 Å². The highest BCUT2D eigenvalue weighted by Crippen LogP contribution is 2.20. The van der Waals surface area contributed by atoms with Crippen LogP contribution in [0.2, 0.25) is 0 Å². The Balaban J connectivity index is 1.62. The predicted octanol–water partition coefficient (Wildman–Crippen LogP) is 3.36. The third kappa shape index (κ3) is 4.22. The van der Waals surface area contributed by atoms with E-state index in [9.17, 15) is 13.2 Å². The van der Waals surface area contributed by atoms with Crippen molar-refractivity contribution in [2.24, 2.45) is 0 Å². The first-order chi connectivity index (χ1) is 12.4. The minimum atomic E-state index is -3.65. The second kappa shape index (κ2) is 7.32. The van der Waals surface area contributed by atoms with E-state index in [4.69, 9.17) is 14.3 Å². The van der Waals surface area contributed by atoms with Crippen molar-refractivity contribution in [3.8, 4) is 5.75 Å². The molecule has 0 bridgehead atoms. The number of carbonyl (C=O) groups is 1. The number of hydrogen-bond acceptors (Lipinski definition) is 5. The zero-order valence-electron chi connectivity index (χ0n) is 13.5. The Labute approximate surface area is 149 Å². The number of sulfonamides is 1. The van der Waals surface area contributed by atoms with E-state index in [1.54, 1.807) is 42.5 Å². The van der Waals surface area contributed by atoms with Crippen molar-refractivity contribution in [1.29, 1.82) is 0 Å². The zero-order chi connectivity index (χ0) is 18.6. The van der Waals surface area contributed by atoms with Crippen LogP contribution in [0.4, 0.5) is 5.69 Å². The molecule has 3 rings (SSSR count). The van der Waals surface area contributed by atoms with Crippen molar-refractivity contribution >= 4 is 21.7 Å². The van der Waals surface area contributed by atoms with Crippen molar-refractivity contribution in [3.05, 3.63) is 78.3 Å². The molecule has 0 saturated heterocycles. The van der Waals surface area contributed by atoms with Crippen LogP contribution < -0.4 is 9.46 Å². The van der Waals surface area contributed by atoms with Gasteiger partial charge in [-0.3, -0.25) is 4.72 Å². The Morgan fingerprint density at radius 2 is 1.69 bits per heavy atom. The van der Waals surface area contributed by atoms with Crippen LogP contribution in [0.5, 0.6) is 5.75 Å². The molecule has 1 aromatic heterocycles. The molecule has 0 unspecified atom stereocenters. The molecule has 8 heteroatoms. The Morgan fingerprint density at radius 1 is 1.00 bits per heavy atom. The number of anilines is 1. The second-order valence-electron chi connectivity index (χ2n) is 5.30. The fourth-order valence-corrected chi connectivity index (χ4v) is 3.24. The maximum atomic E-state index is 12.3. The number of rotatable bonds is 7. The number of nitrogens with one attached hydrogen (secondary N) is 1. The Hall–Kier alpha value is -3.26. The number of carboxylic acids is 1. The van der Waals surface area contributed by atoms with E-state index >= 15 is 0 Å². The van der Waals surface area contributed by atoms with Gasteiger partial charge in [-0.25, -0.2) is 13.2 Å². The van der Waals surface area contributed by atoms with Gasteiger partial charge in [-0.15, -0.1) is 0 Å². The third-order valence-corrected chi connectivity index (χ3v) is 4.81. The number of hydrogen-bond donors (Lipinski definition) is 2. The summed E-state index contributed by atoms with van der Waals surface area (Å²) in [7, 11) is -3.65. The normalized spacial score (nSPS) is 11.1. The summed E-state index contributed by atoms with van der Waals surface area (Å²) in [4.78, 5) is 10.9. The lowest BCUT2D eigenvalue weighted by molar-refractivity contribution is 0.0658. The largest absolute Gasteiger partial charge is 0.486 e. The lowest BCUT2D eigenvalue weighted by Gasteiger charge is -2.09. The summed E-state index contributed by atoms with van der Waals surface area (Å²) in [6.07, 6.45) is 0. The maximum Gasteiger partial charge on any atom is 0.371 e. The average molecular weight is 373 g/mol. The first-order valence-corrected chi connectivity index (χ1v) is 9.05. The molecule has 134 valence electrons. The van der Waals surface area contributed by atoms with Crippen LogP contribution in [0.15, 0.2) is 76.0 Å². The topological polar surface area (TPSA) is 106 Å². The molecule has 0 aliphatic carbocycles. The lowest BCUT2D eigenvalue weighted by atomic mass is 10.3. The molecule has 2 aromatic carbocycles. The van der Waals surface area contributed by atoms with Gasteiger partial charge in [-0.2, -0.15) is 0 Å². The van der Waals surface area contributed by atoms with Crippen LogP contribution >= 0.6 is 0 Å². The molecule has 0 saturated carbocycles. The van der Waals surface area contributed by atoms with Crippen molar-refractivity contribution < 1.29 is 27.5 Å². The summed E-state index contributed by atoms with van der Waals surface area (Å²) in [6.45, 7) is 0.0579. The number of ether oxygens (including phenoxy) is 1. The van der Waals surface area contributed by atoms with Gasteiger partial charge < -0.3 is 14.3 Å². The van der Waals surface area contributed by atoms with E-state index in [0.717, 1.165) is 0 Å². The van der Waals surface area contributed by atoms with E-state index in [1.165, 1.54) is 24.3 Å². The number of aromatic carboxylic acids is 1. The van der Waals surface area contributed by atoms with Gasteiger partial charge >= 0.3 is 5.97 Å². The summed E-state index contributed by atoms with van der Waals surface area (Å²) in [5, 5.41) is 8.80. The molecule has 0 radical (unpaired) electrons. The highest BCUT2D eigenvalue weighted by atomic mass is 32.2.